The van der Waals surface area contributed by atoms with Crippen LogP contribution in [0.1, 0.15) is 30.1 Å². The minimum atomic E-state index is 0.272. The lowest BCUT2D eigenvalue weighted by Gasteiger charge is -2.20. The van der Waals surface area contributed by atoms with Crippen molar-refractivity contribution < 1.29 is 4.79 Å². The maximum atomic E-state index is 12.0. The lowest BCUT2D eigenvalue weighted by Crippen LogP contribution is -2.32. The number of carbonyl (C=O) groups excluding carboxylic acids is 1. The number of thioether (sulfide) groups is 1. The van der Waals surface area contributed by atoms with Gasteiger partial charge in [0, 0.05) is 30.5 Å². The summed E-state index contributed by atoms with van der Waals surface area (Å²) in [7, 11) is 0. The number of benzene rings is 1. The number of hydrogen-bond acceptors (Lipinski definition) is 2. The third-order valence-electron chi connectivity index (χ3n) is 3.43. The molecule has 1 aromatic carbocycles. The first-order chi connectivity index (χ1) is 9.31. The van der Waals surface area contributed by atoms with Gasteiger partial charge in [-0.15, -0.1) is 6.58 Å². The van der Waals surface area contributed by atoms with E-state index < -0.39 is 0 Å². The smallest absolute Gasteiger partial charge is 0.222 e. The molecule has 19 heavy (non-hydrogen) atoms. The molecule has 2 nitrogen and oxygen atoms in total. The molecule has 1 atom stereocenters. The van der Waals surface area contributed by atoms with Crippen LogP contribution in [0.2, 0.25) is 0 Å². The Balaban J connectivity index is 1.91. The molecule has 1 aliphatic rings. The van der Waals surface area contributed by atoms with Crippen LogP contribution in [0.15, 0.2) is 43.0 Å². The van der Waals surface area contributed by atoms with Gasteiger partial charge in [0.05, 0.1) is 0 Å². The van der Waals surface area contributed by atoms with Crippen molar-refractivity contribution in [3.05, 3.63) is 48.6 Å². The lowest BCUT2D eigenvalue weighted by molar-refractivity contribution is -0.130. The third kappa shape index (κ3) is 4.13. The Morgan fingerprint density at radius 3 is 2.89 bits per heavy atom. The minimum Gasteiger partial charge on any atom is -0.342 e. The Bertz CT molecular complexity index is 418. The van der Waals surface area contributed by atoms with Crippen molar-refractivity contribution in [3.63, 3.8) is 0 Å². The van der Waals surface area contributed by atoms with Crippen molar-refractivity contribution in [1.82, 2.24) is 4.90 Å². The Morgan fingerprint density at radius 1 is 1.37 bits per heavy atom. The predicted octanol–water partition coefficient (Wildman–Crippen LogP) is 3.66. The molecule has 0 aliphatic carbocycles. The normalized spacial score (nSPS) is 19.8. The first-order valence-corrected chi connectivity index (χ1v) is 7.91. The van der Waals surface area contributed by atoms with Crippen LogP contribution in [0.5, 0.6) is 0 Å². The molecule has 1 saturated heterocycles. The van der Waals surface area contributed by atoms with Crippen LogP contribution in [0, 0.1) is 0 Å². The molecule has 0 bridgehead atoms. The summed E-state index contributed by atoms with van der Waals surface area (Å²) in [5.41, 5.74) is 1.38. The molecule has 1 heterocycles. The van der Waals surface area contributed by atoms with E-state index in [1.807, 2.05) is 22.7 Å². The number of allylic oxidation sites excluding steroid dienone is 1. The summed E-state index contributed by atoms with van der Waals surface area (Å²) >= 11 is 1.97. The summed E-state index contributed by atoms with van der Waals surface area (Å²) in [6, 6.07) is 10.6. The van der Waals surface area contributed by atoms with Crippen LogP contribution >= 0.6 is 11.8 Å². The quantitative estimate of drug-likeness (QED) is 0.782. The second-order valence-electron chi connectivity index (χ2n) is 4.77. The summed E-state index contributed by atoms with van der Waals surface area (Å²) in [5, 5.41) is 0.526. The van der Waals surface area contributed by atoms with Gasteiger partial charge in [-0.1, -0.05) is 36.4 Å². The van der Waals surface area contributed by atoms with E-state index in [9.17, 15) is 4.79 Å². The van der Waals surface area contributed by atoms with E-state index >= 15 is 0 Å². The molecule has 0 unspecified atom stereocenters. The SMILES string of the molecule is C=CCCC(=O)N1CCS[C@H](c2ccccc2)CC1. The van der Waals surface area contributed by atoms with Gasteiger partial charge >= 0.3 is 0 Å². The molecule has 0 aromatic heterocycles. The molecule has 3 heteroatoms. The molecule has 0 saturated carbocycles. The van der Waals surface area contributed by atoms with Crippen LogP contribution in [0.25, 0.3) is 0 Å². The Morgan fingerprint density at radius 2 is 2.16 bits per heavy atom. The summed E-state index contributed by atoms with van der Waals surface area (Å²) in [5.74, 6) is 1.30. The van der Waals surface area contributed by atoms with Gasteiger partial charge < -0.3 is 4.90 Å². The third-order valence-corrected chi connectivity index (χ3v) is 4.76. The summed E-state index contributed by atoms with van der Waals surface area (Å²) in [4.78, 5) is 14.0. The fourth-order valence-electron chi connectivity index (χ4n) is 2.34. The lowest BCUT2D eigenvalue weighted by atomic mass is 10.1. The Hall–Kier alpha value is -1.22. The highest BCUT2D eigenvalue weighted by Crippen LogP contribution is 2.34. The summed E-state index contributed by atoms with van der Waals surface area (Å²) in [6.07, 6.45) is 4.25. The first kappa shape index (κ1) is 14.2. The van der Waals surface area contributed by atoms with Crippen molar-refractivity contribution in [1.29, 1.82) is 0 Å². The summed E-state index contributed by atoms with van der Waals surface area (Å²) in [6.45, 7) is 5.43. The van der Waals surface area contributed by atoms with Crippen LogP contribution in [-0.2, 0) is 4.79 Å². The number of nitrogens with zero attached hydrogens (tertiary/aromatic N) is 1. The van der Waals surface area contributed by atoms with E-state index in [0.29, 0.717) is 11.7 Å². The highest BCUT2D eigenvalue weighted by molar-refractivity contribution is 7.99. The van der Waals surface area contributed by atoms with E-state index in [1.54, 1.807) is 0 Å². The van der Waals surface area contributed by atoms with E-state index in [4.69, 9.17) is 0 Å². The van der Waals surface area contributed by atoms with Gasteiger partial charge in [-0.2, -0.15) is 11.8 Å². The maximum Gasteiger partial charge on any atom is 0.222 e. The molecule has 0 N–H and O–H groups in total. The first-order valence-electron chi connectivity index (χ1n) is 6.86. The zero-order valence-corrected chi connectivity index (χ0v) is 12.1. The molecule has 0 spiro atoms. The van der Waals surface area contributed by atoms with Gasteiger partial charge in [0.2, 0.25) is 5.91 Å². The fourth-order valence-corrected chi connectivity index (χ4v) is 3.57. The zero-order chi connectivity index (χ0) is 13.5. The van der Waals surface area contributed by atoms with Gasteiger partial charge in [-0.25, -0.2) is 0 Å². The number of carbonyl (C=O) groups is 1. The highest BCUT2D eigenvalue weighted by Gasteiger charge is 2.21. The van der Waals surface area contributed by atoms with Gasteiger partial charge in [-0.05, 0) is 18.4 Å². The molecular weight excluding hydrogens is 254 g/mol. The monoisotopic (exact) mass is 275 g/mol. The summed E-state index contributed by atoms with van der Waals surface area (Å²) < 4.78 is 0. The second-order valence-corrected chi connectivity index (χ2v) is 6.08. The number of rotatable bonds is 4. The van der Waals surface area contributed by atoms with Crippen molar-refractivity contribution in [2.45, 2.75) is 24.5 Å². The van der Waals surface area contributed by atoms with E-state index in [0.717, 1.165) is 31.7 Å². The van der Waals surface area contributed by atoms with Crippen LogP contribution in [-0.4, -0.2) is 29.6 Å². The molecule has 1 aromatic rings. The molecular formula is C16H21NOS. The van der Waals surface area contributed by atoms with Crippen molar-refractivity contribution in [2.75, 3.05) is 18.8 Å². The molecule has 2 rings (SSSR count). The molecule has 1 fully saturated rings. The van der Waals surface area contributed by atoms with Crippen LogP contribution in [0.3, 0.4) is 0 Å². The topological polar surface area (TPSA) is 20.3 Å². The van der Waals surface area contributed by atoms with Crippen molar-refractivity contribution >= 4 is 17.7 Å². The van der Waals surface area contributed by atoms with Gasteiger partial charge in [0.1, 0.15) is 0 Å². The molecule has 1 amide bonds. The van der Waals surface area contributed by atoms with E-state index in [2.05, 4.69) is 36.9 Å². The predicted molar refractivity (Wildman–Crippen MR) is 82.3 cm³/mol. The van der Waals surface area contributed by atoms with Gasteiger partial charge in [0.15, 0.2) is 0 Å². The zero-order valence-electron chi connectivity index (χ0n) is 11.3. The molecule has 102 valence electrons. The number of hydrogen-bond donors (Lipinski definition) is 0. The number of amides is 1. The largest absolute Gasteiger partial charge is 0.342 e. The Kier molecular flexibility index (Phi) is 5.52. The minimum absolute atomic E-state index is 0.272. The van der Waals surface area contributed by atoms with E-state index in [1.165, 1.54) is 5.56 Å². The van der Waals surface area contributed by atoms with Crippen molar-refractivity contribution in [3.8, 4) is 0 Å². The standard InChI is InChI=1S/C16H21NOS/c1-2-3-9-16(18)17-11-10-15(19-13-12-17)14-7-5-4-6-8-14/h2,4-8,15H,1,3,9-13H2/t15-/m0/s1. The fraction of sp³-hybridized carbons (Fsp3) is 0.438. The molecule has 0 radical (unpaired) electrons. The average Bonchev–Trinajstić information content (AvgIpc) is 2.71. The Labute approximate surface area is 119 Å². The van der Waals surface area contributed by atoms with Crippen LogP contribution < -0.4 is 0 Å². The highest BCUT2D eigenvalue weighted by atomic mass is 32.2. The molecule has 1 aliphatic heterocycles. The van der Waals surface area contributed by atoms with Crippen molar-refractivity contribution in [2.24, 2.45) is 0 Å². The average molecular weight is 275 g/mol. The second kappa shape index (κ2) is 7.39. The van der Waals surface area contributed by atoms with Gasteiger partial charge in [-0.3, -0.25) is 4.79 Å². The van der Waals surface area contributed by atoms with E-state index in [-0.39, 0.29) is 5.91 Å². The maximum absolute atomic E-state index is 12.0. The van der Waals surface area contributed by atoms with Crippen LogP contribution in [0.4, 0.5) is 0 Å². The van der Waals surface area contributed by atoms with Gasteiger partial charge in [0.25, 0.3) is 0 Å².